The number of hydrogen-bond donors (Lipinski definition) is 0. The molecule has 0 aromatic heterocycles. The molecule has 28 valence electrons. The van der Waals surface area contributed by atoms with E-state index in [2.05, 4.69) is 4.85 Å². The first-order valence-corrected chi connectivity index (χ1v) is 1.64. The van der Waals surface area contributed by atoms with Crippen molar-refractivity contribution in [2.75, 3.05) is 0 Å². The van der Waals surface area contributed by atoms with Crippen molar-refractivity contribution in [1.29, 1.82) is 0 Å². The van der Waals surface area contributed by atoms with Crippen LogP contribution in [0.3, 0.4) is 0 Å². The van der Waals surface area contributed by atoms with Gasteiger partial charge in [0.15, 0.2) is 0 Å². The van der Waals surface area contributed by atoms with E-state index in [-0.39, 0.29) is 6.04 Å². The van der Waals surface area contributed by atoms with Gasteiger partial charge in [0.25, 0.3) is 0 Å². The quantitative estimate of drug-likeness (QED) is 0.378. The van der Waals surface area contributed by atoms with E-state index in [0.717, 1.165) is 0 Å². The van der Waals surface area contributed by atoms with Gasteiger partial charge >= 0.3 is 0 Å². The van der Waals surface area contributed by atoms with Gasteiger partial charge in [0.1, 0.15) is 0 Å². The molecule has 0 aromatic rings. The Morgan fingerprint density at radius 1 is 1.60 bits per heavy atom. The standard InChI is InChI=1S/C4H7N/c1-4(2)5-3/h4H,1-2H3. The normalized spacial score (nSPS) is 7.60. The molecule has 0 atom stereocenters. The van der Waals surface area contributed by atoms with E-state index in [0.29, 0.717) is 0 Å². The maximum Gasteiger partial charge on any atom is 0.218 e. The van der Waals surface area contributed by atoms with Gasteiger partial charge in [0.2, 0.25) is 6.04 Å². The Balaban J connectivity index is 2.94. The van der Waals surface area contributed by atoms with Gasteiger partial charge in [-0.25, -0.2) is 6.57 Å². The Kier molecular flexibility index (Phi) is 1.60. The maximum atomic E-state index is 6.28. The molecule has 0 saturated heterocycles. The van der Waals surface area contributed by atoms with Crippen LogP contribution >= 0.6 is 0 Å². The fourth-order valence-corrected chi connectivity index (χ4v) is 0. The molecule has 0 aromatic carbocycles. The number of rotatable bonds is 0. The van der Waals surface area contributed by atoms with Gasteiger partial charge in [-0.15, -0.1) is 0 Å². The molecule has 0 aliphatic rings. The van der Waals surface area contributed by atoms with E-state index >= 15 is 0 Å². The molecule has 0 bridgehead atoms. The Morgan fingerprint density at radius 3 is 1.80 bits per heavy atom. The molecule has 0 fully saturated rings. The van der Waals surface area contributed by atoms with Gasteiger partial charge in [0.05, 0.1) is 0 Å². The van der Waals surface area contributed by atoms with Crippen LogP contribution in [0.2, 0.25) is 0 Å². The zero-order chi connectivity index (χ0) is 4.28. The molecule has 0 aliphatic heterocycles. The summed E-state index contributed by atoms with van der Waals surface area (Å²) in [4.78, 5) is 3.14. The third-order valence-corrected chi connectivity index (χ3v) is 0.258. The summed E-state index contributed by atoms with van der Waals surface area (Å²) in [6, 6.07) is 0.176. The molecule has 1 nitrogen and oxygen atoms in total. The number of nitrogens with zero attached hydrogens (tertiary/aromatic N) is 1. The lowest BCUT2D eigenvalue weighted by Crippen LogP contribution is -1.78. The zero-order valence-corrected chi connectivity index (χ0v) is 3.52. The van der Waals surface area contributed by atoms with Gasteiger partial charge < -0.3 is 4.85 Å². The highest BCUT2D eigenvalue weighted by molar-refractivity contribution is 4.64. The van der Waals surface area contributed by atoms with Crippen LogP contribution in [0.5, 0.6) is 0 Å². The minimum Gasteiger partial charge on any atom is -0.314 e. The average Bonchev–Trinajstić information content (AvgIpc) is 1.38. The average molecular weight is 69.1 g/mol. The summed E-state index contributed by atoms with van der Waals surface area (Å²) < 4.78 is 0. The molecular weight excluding hydrogens is 62.1 g/mol. The molecule has 0 rings (SSSR count). The summed E-state index contributed by atoms with van der Waals surface area (Å²) in [7, 11) is 0. The largest absolute Gasteiger partial charge is 0.314 e. The third-order valence-electron chi connectivity index (χ3n) is 0.258. The molecular formula is C4H7N. The van der Waals surface area contributed by atoms with Crippen molar-refractivity contribution >= 4 is 0 Å². The first-order chi connectivity index (χ1) is 2.27. The topological polar surface area (TPSA) is 4.36 Å². The van der Waals surface area contributed by atoms with Gasteiger partial charge in [-0.2, -0.15) is 0 Å². The van der Waals surface area contributed by atoms with Gasteiger partial charge in [0, 0.05) is 13.8 Å². The van der Waals surface area contributed by atoms with E-state index in [1.807, 2.05) is 13.8 Å². The third kappa shape index (κ3) is 3.49. The van der Waals surface area contributed by atoms with E-state index < -0.39 is 0 Å². The minimum absolute atomic E-state index is 0.176. The van der Waals surface area contributed by atoms with Gasteiger partial charge in [-0.3, -0.25) is 0 Å². The van der Waals surface area contributed by atoms with Gasteiger partial charge in [-0.05, 0) is 0 Å². The van der Waals surface area contributed by atoms with Crippen molar-refractivity contribution in [1.82, 2.24) is 0 Å². The van der Waals surface area contributed by atoms with Crippen LogP contribution in [0, 0.1) is 6.57 Å². The molecule has 1 heteroatoms. The Hall–Kier alpha value is -0.510. The molecule has 0 unspecified atom stereocenters. The van der Waals surface area contributed by atoms with Crippen LogP contribution in [0.4, 0.5) is 0 Å². The summed E-state index contributed by atoms with van der Waals surface area (Å²) in [6.07, 6.45) is 0. The van der Waals surface area contributed by atoms with Crippen LogP contribution in [0.25, 0.3) is 4.85 Å². The van der Waals surface area contributed by atoms with Gasteiger partial charge in [-0.1, -0.05) is 0 Å². The second kappa shape index (κ2) is 1.78. The molecule has 0 aliphatic carbocycles. The Labute approximate surface area is 32.4 Å². The SMILES string of the molecule is [C-]#[N+]C(C)C. The first-order valence-electron chi connectivity index (χ1n) is 1.64. The molecule has 0 N–H and O–H groups in total. The zero-order valence-electron chi connectivity index (χ0n) is 3.52. The highest BCUT2D eigenvalue weighted by Crippen LogP contribution is 1.79. The van der Waals surface area contributed by atoms with Crippen LogP contribution < -0.4 is 0 Å². The summed E-state index contributed by atoms with van der Waals surface area (Å²) in [5.41, 5.74) is 0. The molecule has 0 amide bonds. The lowest BCUT2D eigenvalue weighted by Gasteiger charge is -1.75. The Bertz CT molecular complexity index is 49.2. The van der Waals surface area contributed by atoms with Crippen molar-refractivity contribution in [2.45, 2.75) is 19.9 Å². The first kappa shape index (κ1) is 4.49. The molecule has 0 spiro atoms. The lowest BCUT2D eigenvalue weighted by molar-refractivity contribution is 0.976. The lowest BCUT2D eigenvalue weighted by atomic mass is 10.4. The molecule has 5 heavy (non-hydrogen) atoms. The molecule has 0 radical (unpaired) electrons. The van der Waals surface area contributed by atoms with Crippen LogP contribution in [0.15, 0.2) is 0 Å². The van der Waals surface area contributed by atoms with Crippen molar-refractivity contribution in [3.05, 3.63) is 11.4 Å². The predicted molar refractivity (Wildman–Crippen MR) is 21.7 cm³/mol. The summed E-state index contributed by atoms with van der Waals surface area (Å²) in [5.74, 6) is 0. The van der Waals surface area contributed by atoms with E-state index in [4.69, 9.17) is 6.57 Å². The fourth-order valence-electron chi connectivity index (χ4n) is 0. The maximum absolute atomic E-state index is 6.28. The smallest absolute Gasteiger partial charge is 0.218 e. The van der Waals surface area contributed by atoms with E-state index in [1.54, 1.807) is 0 Å². The van der Waals surface area contributed by atoms with Crippen LogP contribution in [-0.4, -0.2) is 6.04 Å². The summed E-state index contributed by atoms with van der Waals surface area (Å²) in [6.45, 7) is 10.0. The second-order valence-corrected chi connectivity index (χ2v) is 1.22. The molecule has 0 heterocycles. The predicted octanol–water partition coefficient (Wildman–Crippen LogP) is 1.31. The van der Waals surface area contributed by atoms with Crippen molar-refractivity contribution in [2.24, 2.45) is 0 Å². The van der Waals surface area contributed by atoms with Crippen LogP contribution in [0.1, 0.15) is 13.8 Å². The van der Waals surface area contributed by atoms with E-state index in [9.17, 15) is 0 Å². The highest BCUT2D eigenvalue weighted by Gasteiger charge is 1.83. The second-order valence-electron chi connectivity index (χ2n) is 1.22. The Morgan fingerprint density at radius 2 is 1.80 bits per heavy atom. The summed E-state index contributed by atoms with van der Waals surface area (Å²) in [5, 5.41) is 0. The number of hydrogen-bond acceptors (Lipinski definition) is 0. The summed E-state index contributed by atoms with van der Waals surface area (Å²) >= 11 is 0. The monoisotopic (exact) mass is 69.1 g/mol. The minimum atomic E-state index is 0.176. The van der Waals surface area contributed by atoms with E-state index in [1.165, 1.54) is 0 Å². The van der Waals surface area contributed by atoms with Crippen molar-refractivity contribution in [3.63, 3.8) is 0 Å². The van der Waals surface area contributed by atoms with Crippen LogP contribution in [-0.2, 0) is 0 Å². The molecule has 0 saturated carbocycles. The highest BCUT2D eigenvalue weighted by atomic mass is 14.7. The van der Waals surface area contributed by atoms with Crippen molar-refractivity contribution in [3.8, 4) is 0 Å². The fraction of sp³-hybridized carbons (Fsp3) is 0.750. The van der Waals surface area contributed by atoms with Crippen molar-refractivity contribution < 1.29 is 0 Å².